The van der Waals surface area contributed by atoms with Gasteiger partial charge in [-0.05, 0) is 88.8 Å². The molecule has 0 fully saturated rings. The first-order valence-corrected chi connectivity index (χ1v) is 18.0. The van der Waals surface area contributed by atoms with E-state index in [-0.39, 0.29) is 23.4 Å². The van der Waals surface area contributed by atoms with E-state index in [0.29, 0.717) is 52.1 Å². The zero-order valence-corrected chi connectivity index (χ0v) is 28.0. The van der Waals surface area contributed by atoms with E-state index >= 15 is 0 Å². The monoisotopic (exact) mass is 628 g/mol. The van der Waals surface area contributed by atoms with E-state index in [0.717, 1.165) is 22.5 Å². The lowest BCUT2D eigenvalue weighted by molar-refractivity contribution is 0.210. The lowest BCUT2D eigenvalue weighted by Crippen LogP contribution is -2.28. The van der Waals surface area contributed by atoms with Gasteiger partial charge in [0, 0.05) is 23.5 Å². The Morgan fingerprint density at radius 1 is 0.571 bits per heavy atom. The molecular formula is C30H54N4O6P2. The van der Waals surface area contributed by atoms with Gasteiger partial charge in [0.25, 0.3) is 0 Å². The first-order chi connectivity index (χ1) is 19.8. The number of hydrogen-bond donors (Lipinski definition) is 4. The van der Waals surface area contributed by atoms with Gasteiger partial charge in [-0.2, -0.15) is 0 Å². The first kappa shape index (κ1) is 38.3. The summed E-state index contributed by atoms with van der Waals surface area (Å²) in [5.74, 6) is 0. The normalized spacial score (nSPS) is 14.9. The van der Waals surface area contributed by atoms with Crippen LogP contribution in [0.4, 0.5) is 11.4 Å². The van der Waals surface area contributed by atoms with Crippen molar-refractivity contribution < 1.29 is 27.2 Å². The molecule has 4 atom stereocenters. The highest BCUT2D eigenvalue weighted by atomic mass is 31.2. The summed E-state index contributed by atoms with van der Waals surface area (Å²) in [5, 5.41) is 0. The van der Waals surface area contributed by atoms with Crippen LogP contribution in [0.15, 0.2) is 48.5 Å². The molecule has 2 aromatic carbocycles. The van der Waals surface area contributed by atoms with Crippen LogP contribution in [0, 0.1) is 0 Å². The Bertz CT molecular complexity index is 996. The van der Waals surface area contributed by atoms with Crippen molar-refractivity contribution in [3.05, 3.63) is 59.7 Å². The molecule has 0 aliphatic rings. The van der Waals surface area contributed by atoms with Gasteiger partial charge in [-0.25, -0.2) is 0 Å². The maximum Gasteiger partial charge on any atom is 0.333 e. The summed E-state index contributed by atoms with van der Waals surface area (Å²) in [4.78, 5) is 0. The van der Waals surface area contributed by atoms with E-state index in [1.54, 1.807) is 0 Å². The molecule has 0 saturated carbocycles. The van der Waals surface area contributed by atoms with E-state index in [1.165, 1.54) is 0 Å². The van der Waals surface area contributed by atoms with Gasteiger partial charge in [-0.1, -0.05) is 38.1 Å². The largest absolute Gasteiger partial charge is 0.399 e. The second-order valence-corrected chi connectivity index (χ2v) is 15.3. The average Bonchev–Trinajstić information content (AvgIpc) is 2.92. The second-order valence-electron chi connectivity index (χ2n) is 10.3. The number of nitrogen functional groups attached to an aromatic ring is 2. The Balaban J connectivity index is 0.000000420. The molecule has 2 aromatic rings. The second kappa shape index (κ2) is 19.5. The molecule has 0 aliphatic heterocycles. The van der Waals surface area contributed by atoms with Gasteiger partial charge in [0.2, 0.25) is 0 Å². The van der Waals surface area contributed by atoms with Crippen LogP contribution >= 0.6 is 15.2 Å². The van der Waals surface area contributed by atoms with Crippen LogP contribution in [0.2, 0.25) is 0 Å². The van der Waals surface area contributed by atoms with Crippen molar-refractivity contribution in [2.75, 3.05) is 37.9 Å². The fraction of sp³-hybridized carbons (Fsp3) is 0.600. The third kappa shape index (κ3) is 13.7. The van der Waals surface area contributed by atoms with E-state index in [4.69, 9.17) is 41.0 Å². The van der Waals surface area contributed by atoms with Crippen LogP contribution in [-0.4, -0.2) is 49.8 Å². The molecule has 0 saturated heterocycles. The zero-order chi connectivity index (χ0) is 31.8. The fourth-order valence-electron chi connectivity index (χ4n) is 4.52. The number of benzene rings is 2. The molecule has 0 aliphatic carbocycles. The van der Waals surface area contributed by atoms with Gasteiger partial charge in [-0.15, -0.1) is 0 Å². The predicted octanol–water partition coefficient (Wildman–Crippen LogP) is 6.37. The average molecular weight is 629 g/mol. The summed E-state index contributed by atoms with van der Waals surface area (Å²) in [6.07, 6.45) is 2.59. The highest BCUT2D eigenvalue weighted by Gasteiger charge is 2.34. The molecular weight excluding hydrogens is 574 g/mol. The quantitative estimate of drug-likeness (QED) is 0.107. The third-order valence-electron chi connectivity index (χ3n) is 6.56. The van der Waals surface area contributed by atoms with Crippen molar-refractivity contribution in [1.29, 1.82) is 0 Å². The minimum atomic E-state index is -3.08. The third-order valence-corrected chi connectivity index (χ3v) is 11.6. The van der Waals surface area contributed by atoms with Gasteiger partial charge < -0.3 is 41.0 Å². The van der Waals surface area contributed by atoms with Crippen molar-refractivity contribution in [2.24, 2.45) is 11.5 Å². The summed E-state index contributed by atoms with van der Waals surface area (Å²) in [7, 11) is -6.15. The lowest BCUT2D eigenvalue weighted by Gasteiger charge is -2.25. The van der Waals surface area contributed by atoms with Crippen molar-refractivity contribution in [2.45, 2.75) is 90.6 Å². The Morgan fingerprint density at radius 3 is 1.07 bits per heavy atom. The number of anilines is 2. The number of hydrogen-bond acceptors (Lipinski definition) is 10. The SMILES string of the molecule is CCOP(=O)(OCC)[C@@H](C)C[C@@H](N)Cc1ccc(N)cc1.CCOP(=O)(OCC)[C@H](C)C[C@@H](N)Cc1ccc(N)cc1. The lowest BCUT2D eigenvalue weighted by atomic mass is 10.0. The van der Waals surface area contributed by atoms with Crippen LogP contribution < -0.4 is 22.9 Å². The molecule has 0 spiro atoms. The highest BCUT2D eigenvalue weighted by Crippen LogP contribution is 2.55. The predicted molar refractivity (Wildman–Crippen MR) is 175 cm³/mol. The van der Waals surface area contributed by atoms with Crippen molar-refractivity contribution in [1.82, 2.24) is 0 Å². The maximum atomic E-state index is 12.6. The Labute approximate surface area is 253 Å². The molecule has 0 amide bonds. The van der Waals surface area contributed by atoms with Gasteiger partial charge in [-0.3, -0.25) is 9.13 Å². The van der Waals surface area contributed by atoms with Crippen molar-refractivity contribution >= 4 is 26.6 Å². The summed E-state index contributed by atoms with van der Waals surface area (Å²) < 4.78 is 46.7. The fourth-order valence-corrected chi connectivity index (χ4v) is 8.18. The minimum Gasteiger partial charge on any atom is -0.399 e. The number of nitrogens with two attached hydrogens (primary N) is 4. The minimum absolute atomic E-state index is 0.0992. The smallest absolute Gasteiger partial charge is 0.333 e. The molecule has 240 valence electrons. The van der Waals surface area contributed by atoms with Gasteiger partial charge >= 0.3 is 15.2 Å². The Hall–Kier alpha value is -1.74. The molecule has 10 nitrogen and oxygen atoms in total. The van der Waals surface area contributed by atoms with E-state index < -0.39 is 15.2 Å². The number of rotatable bonds is 18. The molecule has 8 N–H and O–H groups in total. The van der Waals surface area contributed by atoms with E-state index in [2.05, 4.69) is 0 Å². The van der Waals surface area contributed by atoms with Crippen molar-refractivity contribution in [3.8, 4) is 0 Å². The molecule has 0 bridgehead atoms. The topological polar surface area (TPSA) is 175 Å². The Kier molecular flexibility index (Phi) is 17.8. The standard InChI is InChI=1S/2C15H27N2O3P/c2*1-4-19-21(18,20-5-2)12(3)10-15(17)11-13-6-8-14(16)9-7-13/h2*6-9,12,15H,4-5,10-11,16-17H2,1-3H3/t12-,15+;12-,15-/m01/s1. The highest BCUT2D eigenvalue weighted by molar-refractivity contribution is 7.54. The van der Waals surface area contributed by atoms with Crippen molar-refractivity contribution in [3.63, 3.8) is 0 Å². The molecule has 42 heavy (non-hydrogen) atoms. The van der Waals surface area contributed by atoms with Crippen LogP contribution in [0.5, 0.6) is 0 Å². The molecule has 0 unspecified atom stereocenters. The molecule has 0 aromatic heterocycles. The summed E-state index contributed by atoms with van der Waals surface area (Å²) in [5.41, 5.74) is 26.9. The maximum absolute atomic E-state index is 12.6. The molecule has 2 rings (SSSR count). The van der Waals surface area contributed by atoms with Crippen LogP contribution in [0.25, 0.3) is 0 Å². The zero-order valence-electron chi connectivity index (χ0n) is 26.2. The first-order valence-electron chi connectivity index (χ1n) is 14.8. The summed E-state index contributed by atoms with van der Waals surface area (Å²) in [6.45, 7) is 12.5. The summed E-state index contributed by atoms with van der Waals surface area (Å²) >= 11 is 0. The van der Waals surface area contributed by atoms with E-state index in [1.807, 2.05) is 90.1 Å². The molecule has 0 radical (unpaired) electrons. The molecule has 12 heteroatoms. The van der Waals surface area contributed by atoms with Gasteiger partial charge in [0.15, 0.2) is 0 Å². The molecule has 0 heterocycles. The van der Waals surface area contributed by atoms with Gasteiger partial charge in [0.05, 0.1) is 37.7 Å². The summed E-state index contributed by atoms with van der Waals surface area (Å²) in [6, 6.07) is 15.1. The van der Waals surface area contributed by atoms with Crippen LogP contribution in [-0.2, 0) is 40.1 Å². The van der Waals surface area contributed by atoms with Crippen LogP contribution in [0.3, 0.4) is 0 Å². The Morgan fingerprint density at radius 2 is 0.833 bits per heavy atom. The van der Waals surface area contributed by atoms with Crippen LogP contribution in [0.1, 0.15) is 65.5 Å². The van der Waals surface area contributed by atoms with Gasteiger partial charge in [0.1, 0.15) is 0 Å². The van der Waals surface area contributed by atoms with E-state index in [9.17, 15) is 9.13 Å².